The van der Waals surface area contributed by atoms with Crippen molar-refractivity contribution in [2.45, 2.75) is 65.0 Å². The Morgan fingerprint density at radius 2 is 2.26 bits per heavy atom. The summed E-state index contributed by atoms with van der Waals surface area (Å²) < 4.78 is 6.02. The van der Waals surface area contributed by atoms with Crippen LogP contribution in [0.1, 0.15) is 48.7 Å². The van der Waals surface area contributed by atoms with Gasteiger partial charge in [0.25, 0.3) is 0 Å². The summed E-state index contributed by atoms with van der Waals surface area (Å²) in [6.07, 6.45) is 4.47. The van der Waals surface area contributed by atoms with Crippen molar-refractivity contribution in [3.63, 3.8) is 0 Å². The highest BCUT2D eigenvalue weighted by Crippen LogP contribution is 2.31. The Hall–Kier alpha value is -0.450. The monoisotopic (exact) mass is 282 g/mol. The maximum atomic E-state index is 6.02. The molecule has 19 heavy (non-hydrogen) atoms. The van der Waals surface area contributed by atoms with Crippen molar-refractivity contribution in [1.82, 2.24) is 10.3 Å². The van der Waals surface area contributed by atoms with Gasteiger partial charge in [-0.3, -0.25) is 0 Å². The number of nitrogens with one attached hydrogen (secondary N) is 1. The van der Waals surface area contributed by atoms with Gasteiger partial charge in [0.1, 0.15) is 0 Å². The van der Waals surface area contributed by atoms with E-state index in [2.05, 4.69) is 38.0 Å². The van der Waals surface area contributed by atoms with E-state index in [0.29, 0.717) is 6.04 Å². The zero-order chi connectivity index (χ0) is 13.9. The predicted octanol–water partition coefficient (Wildman–Crippen LogP) is 3.24. The van der Waals surface area contributed by atoms with Gasteiger partial charge in [-0.15, -0.1) is 11.3 Å². The van der Waals surface area contributed by atoms with Crippen LogP contribution in [0.4, 0.5) is 0 Å². The van der Waals surface area contributed by atoms with Crippen molar-refractivity contribution in [2.75, 3.05) is 13.2 Å². The van der Waals surface area contributed by atoms with Gasteiger partial charge in [0.2, 0.25) is 0 Å². The fourth-order valence-corrected chi connectivity index (χ4v) is 3.68. The van der Waals surface area contributed by atoms with Crippen molar-refractivity contribution in [1.29, 1.82) is 0 Å². The first-order chi connectivity index (χ1) is 9.05. The number of hydrogen-bond donors (Lipinski definition) is 1. The number of aromatic nitrogens is 1. The molecular formula is C15H26N2OS. The maximum Gasteiger partial charge on any atom is 0.0947 e. The molecule has 108 valence electrons. The zero-order valence-electron chi connectivity index (χ0n) is 12.6. The van der Waals surface area contributed by atoms with Crippen LogP contribution >= 0.6 is 11.3 Å². The summed E-state index contributed by atoms with van der Waals surface area (Å²) in [5.41, 5.74) is 1.15. The van der Waals surface area contributed by atoms with Gasteiger partial charge < -0.3 is 10.1 Å². The summed E-state index contributed by atoms with van der Waals surface area (Å²) in [4.78, 5) is 6.02. The first-order valence-corrected chi connectivity index (χ1v) is 8.17. The lowest BCUT2D eigenvalue weighted by Gasteiger charge is -2.33. The molecule has 1 fully saturated rings. The topological polar surface area (TPSA) is 34.2 Å². The summed E-state index contributed by atoms with van der Waals surface area (Å²) in [6.45, 7) is 10.7. The highest BCUT2D eigenvalue weighted by molar-refractivity contribution is 7.11. The van der Waals surface area contributed by atoms with E-state index in [0.717, 1.165) is 32.4 Å². The largest absolute Gasteiger partial charge is 0.374 e. The lowest BCUT2D eigenvalue weighted by molar-refractivity contribution is -0.0114. The second-order valence-corrected chi connectivity index (χ2v) is 7.01. The average molecular weight is 282 g/mol. The molecule has 1 aromatic heterocycles. The van der Waals surface area contributed by atoms with Gasteiger partial charge in [-0.25, -0.2) is 4.98 Å². The molecular weight excluding hydrogens is 256 g/mol. The number of rotatable bonds is 6. The van der Waals surface area contributed by atoms with Gasteiger partial charge in [-0.2, -0.15) is 0 Å². The molecule has 1 aliphatic rings. The molecule has 0 aliphatic carbocycles. The summed E-state index contributed by atoms with van der Waals surface area (Å²) in [5, 5.41) is 4.91. The Bertz CT molecular complexity index is 391. The number of nitrogens with zero attached hydrogens (tertiary/aromatic N) is 1. The predicted molar refractivity (Wildman–Crippen MR) is 81.0 cm³/mol. The van der Waals surface area contributed by atoms with Crippen LogP contribution < -0.4 is 5.32 Å². The molecule has 3 nitrogen and oxygen atoms in total. The molecule has 2 unspecified atom stereocenters. The van der Waals surface area contributed by atoms with Crippen LogP contribution in [0.3, 0.4) is 0 Å². The van der Waals surface area contributed by atoms with Gasteiger partial charge in [-0.1, -0.05) is 6.92 Å². The van der Waals surface area contributed by atoms with E-state index in [-0.39, 0.29) is 5.60 Å². The lowest BCUT2D eigenvalue weighted by Crippen LogP contribution is -2.50. The van der Waals surface area contributed by atoms with Crippen molar-refractivity contribution in [3.8, 4) is 0 Å². The standard InChI is InChI=1S/C15H26N2OS/c1-5-8-16-13(15(4)7-6-9-18-15)10-14-17-11(2)12(3)19-14/h13,16H,5-10H2,1-4H3. The summed E-state index contributed by atoms with van der Waals surface area (Å²) in [6, 6.07) is 0.375. The second kappa shape index (κ2) is 6.33. The molecule has 2 atom stereocenters. The Kier molecular flexibility index (Phi) is 4.98. The first kappa shape index (κ1) is 14.9. The third-order valence-electron chi connectivity index (χ3n) is 4.08. The normalized spacial score (nSPS) is 24.8. The third-order valence-corrected chi connectivity index (χ3v) is 5.17. The van der Waals surface area contributed by atoms with E-state index >= 15 is 0 Å². The van der Waals surface area contributed by atoms with Gasteiger partial charge in [0, 0.05) is 23.9 Å². The number of aryl methyl sites for hydroxylation is 2. The van der Waals surface area contributed by atoms with Crippen molar-refractivity contribution in [3.05, 3.63) is 15.6 Å². The summed E-state index contributed by atoms with van der Waals surface area (Å²) >= 11 is 1.83. The molecule has 0 aromatic carbocycles. The van der Waals surface area contributed by atoms with Crippen LogP contribution in [0.2, 0.25) is 0 Å². The van der Waals surface area contributed by atoms with E-state index in [1.807, 2.05) is 11.3 Å². The fraction of sp³-hybridized carbons (Fsp3) is 0.800. The van der Waals surface area contributed by atoms with Crippen LogP contribution in [0.15, 0.2) is 0 Å². The molecule has 2 rings (SSSR count). The first-order valence-electron chi connectivity index (χ1n) is 7.35. The minimum Gasteiger partial charge on any atom is -0.374 e. The number of hydrogen-bond acceptors (Lipinski definition) is 4. The van der Waals surface area contributed by atoms with E-state index in [9.17, 15) is 0 Å². The highest BCUT2D eigenvalue weighted by Gasteiger charge is 2.38. The van der Waals surface area contributed by atoms with Gasteiger partial charge in [-0.05, 0) is 46.6 Å². The average Bonchev–Trinajstić information content (AvgIpc) is 2.93. The van der Waals surface area contributed by atoms with E-state index in [1.54, 1.807) is 0 Å². The molecule has 2 heterocycles. The molecule has 0 radical (unpaired) electrons. The van der Waals surface area contributed by atoms with Crippen molar-refractivity contribution in [2.24, 2.45) is 0 Å². The number of ether oxygens (including phenoxy) is 1. The molecule has 0 amide bonds. The van der Waals surface area contributed by atoms with Gasteiger partial charge in [0.15, 0.2) is 0 Å². The fourth-order valence-electron chi connectivity index (χ4n) is 2.70. The van der Waals surface area contributed by atoms with Crippen molar-refractivity contribution >= 4 is 11.3 Å². The van der Waals surface area contributed by atoms with E-state index in [1.165, 1.54) is 22.0 Å². The molecule has 1 N–H and O–H groups in total. The number of thiazole rings is 1. The van der Waals surface area contributed by atoms with E-state index < -0.39 is 0 Å². The lowest BCUT2D eigenvalue weighted by atomic mass is 9.90. The van der Waals surface area contributed by atoms with Gasteiger partial charge in [0.05, 0.1) is 16.3 Å². The van der Waals surface area contributed by atoms with E-state index in [4.69, 9.17) is 4.74 Å². The Labute approximate surface area is 120 Å². The van der Waals surface area contributed by atoms with Crippen LogP contribution in [-0.2, 0) is 11.2 Å². The Morgan fingerprint density at radius 3 is 2.79 bits per heavy atom. The smallest absolute Gasteiger partial charge is 0.0947 e. The van der Waals surface area contributed by atoms with Crippen molar-refractivity contribution < 1.29 is 4.74 Å². The summed E-state index contributed by atoms with van der Waals surface area (Å²) in [7, 11) is 0. The quantitative estimate of drug-likeness (QED) is 0.870. The Balaban J connectivity index is 2.08. The molecule has 0 saturated carbocycles. The van der Waals surface area contributed by atoms with Crippen LogP contribution in [-0.4, -0.2) is 29.8 Å². The molecule has 0 spiro atoms. The SMILES string of the molecule is CCCNC(Cc1nc(C)c(C)s1)C1(C)CCCO1. The maximum absolute atomic E-state index is 6.02. The molecule has 4 heteroatoms. The van der Waals surface area contributed by atoms with Crippen LogP contribution in [0.5, 0.6) is 0 Å². The van der Waals surface area contributed by atoms with Crippen LogP contribution in [0.25, 0.3) is 0 Å². The molecule has 1 saturated heterocycles. The minimum atomic E-state index is -0.0251. The zero-order valence-corrected chi connectivity index (χ0v) is 13.4. The highest BCUT2D eigenvalue weighted by atomic mass is 32.1. The summed E-state index contributed by atoms with van der Waals surface area (Å²) in [5.74, 6) is 0. The van der Waals surface area contributed by atoms with Gasteiger partial charge >= 0.3 is 0 Å². The molecule has 0 bridgehead atoms. The van der Waals surface area contributed by atoms with Crippen LogP contribution in [0, 0.1) is 13.8 Å². The molecule has 1 aliphatic heterocycles. The second-order valence-electron chi connectivity index (χ2n) is 5.72. The minimum absolute atomic E-state index is 0.0251. The Morgan fingerprint density at radius 1 is 1.47 bits per heavy atom. The third kappa shape index (κ3) is 3.56. The molecule has 1 aromatic rings.